The van der Waals surface area contributed by atoms with E-state index in [1.54, 1.807) is 54.2 Å². The lowest BCUT2D eigenvalue weighted by molar-refractivity contribution is -0.132. The molecule has 0 spiro atoms. The lowest BCUT2D eigenvalue weighted by Crippen LogP contribution is -2.48. The van der Waals surface area contributed by atoms with E-state index in [-0.39, 0.29) is 17.7 Å². The number of carbonyl (C=O) groups is 3. The quantitative estimate of drug-likeness (QED) is 0.812. The molecule has 2 aromatic rings. The number of thiophene rings is 1. The highest BCUT2D eigenvalue weighted by atomic mass is 32.1. The van der Waals surface area contributed by atoms with Crippen molar-refractivity contribution in [2.45, 2.75) is 19.4 Å². The molecule has 154 valence electrons. The molecule has 0 radical (unpaired) electrons. The Bertz CT molecular complexity index is 869. The highest BCUT2D eigenvalue weighted by Crippen LogP contribution is 2.20. The van der Waals surface area contributed by atoms with Crippen LogP contribution in [0.5, 0.6) is 5.75 Å². The van der Waals surface area contributed by atoms with E-state index >= 15 is 0 Å². The molecule has 1 atom stereocenters. The number of amides is 3. The molecule has 29 heavy (non-hydrogen) atoms. The SMILES string of the molecule is COc1ccccc1C(=O)N1CCCN(C(=O)C(C)NC(=O)c2cccs2)CC1. The van der Waals surface area contributed by atoms with E-state index in [0.29, 0.717) is 48.8 Å². The molecule has 1 N–H and O–H groups in total. The normalized spacial score (nSPS) is 15.4. The van der Waals surface area contributed by atoms with Gasteiger partial charge in [-0.25, -0.2) is 0 Å². The topological polar surface area (TPSA) is 79.0 Å². The summed E-state index contributed by atoms with van der Waals surface area (Å²) >= 11 is 1.34. The third kappa shape index (κ3) is 4.95. The van der Waals surface area contributed by atoms with Crippen LogP contribution >= 0.6 is 11.3 Å². The maximum Gasteiger partial charge on any atom is 0.261 e. The molecule has 1 aliphatic rings. The van der Waals surface area contributed by atoms with Gasteiger partial charge in [0.2, 0.25) is 5.91 Å². The fourth-order valence-electron chi connectivity index (χ4n) is 3.34. The molecule has 0 saturated carbocycles. The second-order valence-corrected chi connectivity index (χ2v) is 7.79. The number of ether oxygens (including phenoxy) is 1. The summed E-state index contributed by atoms with van der Waals surface area (Å²) in [6.07, 6.45) is 0.679. The van der Waals surface area contributed by atoms with Crippen LogP contribution in [0, 0.1) is 0 Å². The number of para-hydroxylation sites is 1. The van der Waals surface area contributed by atoms with Crippen molar-refractivity contribution in [2.24, 2.45) is 0 Å². The van der Waals surface area contributed by atoms with Crippen molar-refractivity contribution in [3.8, 4) is 5.75 Å². The van der Waals surface area contributed by atoms with Crippen molar-refractivity contribution in [2.75, 3.05) is 33.3 Å². The first-order valence-corrected chi connectivity index (χ1v) is 10.4. The lowest BCUT2D eigenvalue weighted by atomic mass is 10.1. The first-order chi connectivity index (χ1) is 14.0. The van der Waals surface area contributed by atoms with Crippen LogP contribution in [0.4, 0.5) is 0 Å². The Kier molecular flexibility index (Phi) is 6.87. The molecule has 0 bridgehead atoms. The zero-order valence-electron chi connectivity index (χ0n) is 16.6. The maximum absolute atomic E-state index is 12.9. The van der Waals surface area contributed by atoms with Gasteiger partial charge in [-0.05, 0) is 36.9 Å². The van der Waals surface area contributed by atoms with Crippen LogP contribution < -0.4 is 10.1 Å². The smallest absolute Gasteiger partial charge is 0.261 e. The van der Waals surface area contributed by atoms with Crippen LogP contribution in [0.1, 0.15) is 33.4 Å². The van der Waals surface area contributed by atoms with E-state index in [1.165, 1.54) is 11.3 Å². The van der Waals surface area contributed by atoms with Crippen LogP contribution in [0.2, 0.25) is 0 Å². The van der Waals surface area contributed by atoms with Crippen molar-refractivity contribution in [3.05, 3.63) is 52.2 Å². The Labute approximate surface area is 174 Å². The minimum absolute atomic E-state index is 0.101. The fraction of sp³-hybridized carbons (Fsp3) is 0.381. The largest absolute Gasteiger partial charge is 0.496 e. The number of methoxy groups -OCH3 is 1. The maximum atomic E-state index is 12.9. The third-order valence-corrected chi connectivity index (χ3v) is 5.76. The molecular formula is C21H25N3O4S. The molecule has 1 unspecified atom stereocenters. The highest BCUT2D eigenvalue weighted by molar-refractivity contribution is 7.12. The molecular weight excluding hydrogens is 390 g/mol. The summed E-state index contributed by atoms with van der Waals surface area (Å²) in [6, 6.07) is 10.0. The molecule has 0 aliphatic carbocycles. The van der Waals surface area contributed by atoms with Crippen LogP contribution in [0.3, 0.4) is 0 Å². The Hall–Kier alpha value is -2.87. The molecule has 3 rings (SSSR count). The van der Waals surface area contributed by atoms with Crippen LogP contribution in [0.15, 0.2) is 41.8 Å². The summed E-state index contributed by atoms with van der Waals surface area (Å²) in [5, 5.41) is 4.58. The summed E-state index contributed by atoms with van der Waals surface area (Å²) in [6.45, 7) is 3.67. The number of nitrogens with one attached hydrogen (secondary N) is 1. The minimum atomic E-state index is -0.624. The molecule has 1 aliphatic heterocycles. The summed E-state index contributed by atoms with van der Waals surface area (Å²) < 4.78 is 5.30. The van der Waals surface area contributed by atoms with Gasteiger partial charge in [-0.15, -0.1) is 11.3 Å². The Morgan fingerprint density at radius 3 is 2.48 bits per heavy atom. The first kappa shape index (κ1) is 20.9. The predicted octanol–water partition coefficient (Wildman–Crippen LogP) is 2.25. The van der Waals surface area contributed by atoms with Crippen molar-refractivity contribution >= 4 is 29.1 Å². The second kappa shape index (κ2) is 9.56. The Morgan fingerprint density at radius 1 is 1.03 bits per heavy atom. The zero-order valence-corrected chi connectivity index (χ0v) is 17.4. The zero-order chi connectivity index (χ0) is 20.8. The number of nitrogens with zero attached hydrogens (tertiary/aromatic N) is 2. The van der Waals surface area contributed by atoms with E-state index < -0.39 is 6.04 Å². The van der Waals surface area contributed by atoms with Crippen LogP contribution in [-0.4, -0.2) is 66.9 Å². The molecule has 7 nitrogen and oxygen atoms in total. The second-order valence-electron chi connectivity index (χ2n) is 6.84. The van der Waals surface area contributed by atoms with Gasteiger partial charge in [-0.1, -0.05) is 18.2 Å². The predicted molar refractivity (Wildman–Crippen MR) is 111 cm³/mol. The summed E-state index contributed by atoms with van der Waals surface area (Å²) in [5.74, 6) is 0.0560. The molecule has 1 aromatic carbocycles. The van der Waals surface area contributed by atoms with Crippen molar-refractivity contribution in [1.82, 2.24) is 15.1 Å². The average Bonchev–Trinajstić information content (AvgIpc) is 3.17. The summed E-state index contributed by atoms with van der Waals surface area (Å²) in [7, 11) is 1.54. The number of rotatable bonds is 5. The first-order valence-electron chi connectivity index (χ1n) is 9.56. The monoisotopic (exact) mass is 415 g/mol. The third-order valence-electron chi connectivity index (χ3n) is 4.90. The van der Waals surface area contributed by atoms with Gasteiger partial charge in [0.15, 0.2) is 0 Å². The van der Waals surface area contributed by atoms with Gasteiger partial charge in [-0.3, -0.25) is 14.4 Å². The number of hydrogen-bond acceptors (Lipinski definition) is 5. The summed E-state index contributed by atoms with van der Waals surface area (Å²) in [4.78, 5) is 41.9. The van der Waals surface area contributed by atoms with Gasteiger partial charge in [0.05, 0.1) is 17.6 Å². The van der Waals surface area contributed by atoms with Crippen molar-refractivity contribution < 1.29 is 19.1 Å². The van der Waals surface area contributed by atoms with E-state index in [0.717, 1.165) is 0 Å². The van der Waals surface area contributed by atoms with Crippen molar-refractivity contribution in [3.63, 3.8) is 0 Å². The molecule has 8 heteroatoms. The van der Waals surface area contributed by atoms with Gasteiger partial charge < -0.3 is 19.9 Å². The highest BCUT2D eigenvalue weighted by Gasteiger charge is 2.27. The van der Waals surface area contributed by atoms with Gasteiger partial charge in [0.25, 0.3) is 11.8 Å². The van der Waals surface area contributed by atoms with Crippen LogP contribution in [0.25, 0.3) is 0 Å². The lowest BCUT2D eigenvalue weighted by Gasteiger charge is -2.25. The van der Waals surface area contributed by atoms with Gasteiger partial charge in [-0.2, -0.15) is 0 Å². The fourth-order valence-corrected chi connectivity index (χ4v) is 3.97. The van der Waals surface area contributed by atoms with Gasteiger partial charge in [0, 0.05) is 26.2 Å². The number of carbonyl (C=O) groups excluding carboxylic acids is 3. The van der Waals surface area contributed by atoms with Crippen LogP contribution in [-0.2, 0) is 4.79 Å². The molecule has 1 saturated heterocycles. The molecule has 1 aromatic heterocycles. The Morgan fingerprint density at radius 2 is 1.76 bits per heavy atom. The Balaban J connectivity index is 1.59. The number of hydrogen-bond donors (Lipinski definition) is 1. The van der Waals surface area contributed by atoms with E-state index in [4.69, 9.17) is 4.74 Å². The molecule has 3 amide bonds. The minimum Gasteiger partial charge on any atom is -0.496 e. The summed E-state index contributed by atoms with van der Waals surface area (Å²) in [5.41, 5.74) is 0.520. The van der Waals surface area contributed by atoms with Crippen molar-refractivity contribution in [1.29, 1.82) is 0 Å². The average molecular weight is 416 g/mol. The molecule has 1 fully saturated rings. The van der Waals surface area contributed by atoms with E-state index in [1.807, 2.05) is 11.4 Å². The molecule has 2 heterocycles. The van der Waals surface area contributed by atoms with Gasteiger partial charge in [0.1, 0.15) is 11.8 Å². The van der Waals surface area contributed by atoms with E-state index in [2.05, 4.69) is 5.32 Å². The van der Waals surface area contributed by atoms with Gasteiger partial charge >= 0.3 is 0 Å². The standard InChI is InChI=1S/C21H25N3O4S/c1-15(22-19(25)18-9-5-14-29-18)20(26)23-10-6-11-24(13-12-23)21(27)16-7-3-4-8-17(16)28-2/h3-5,7-9,14-15H,6,10-13H2,1-2H3,(H,22,25). The number of benzene rings is 1. The van der Waals surface area contributed by atoms with E-state index in [9.17, 15) is 14.4 Å².